The highest BCUT2D eigenvalue weighted by molar-refractivity contribution is 5.59. The molecule has 2 rings (SSSR count). The zero-order valence-corrected chi connectivity index (χ0v) is 12.4. The second-order valence-electron chi connectivity index (χ2n) is 4.81. The first-order chi connectivity index (χ1) is 10.0. The molecule has 0 unspecified atom stereocenters. The van der Waals surface area contributed by atoms with Gasteiger partial charge in [0.2, 0.25) is 5.82 Å². The zero-order valence-electron chi connectivity index (χ0n) is 12.4. The van der Waals surface area contributed by atoms with E-state index in [9.17, 15) is 10.1 Å². The number of hydrogen-bond donors (Lipinski definition) is 1. The number of nitrogens with one attached hydrogen (secondary N) is 1. The average Bonchev–Trinajstić information content (AvgIpc) is 2.95. The molecule has 0 aliphatic carbocycles. The van der Waals surface area contributed by atoms with Crippen LogP contribution in [0.5, 0.6) is 0 Å². The van der Waals surface area contributed by atoms with E-state index in [1.165, 1.54) is 4.68 Å². The smallest absolute Gasteiger partial charge is 0.333 e. The van der Waals surface area contributed by atoms with Gasteiger partial charge in [0, 0.05) is 27.1 Å². The molecule has 0 bridgehead atoms. The molecule has 2 aromatic heterocycles. The van der Waals surface area contributed by atoms with Crippen LogP contribution in [0.25, 0.3) is 0 Å². The van der Waals surface area contributed by atoms with Crippen molar-refractivity contribution in [3.8, 4) is 0 Å². The highest BCUT2D eigenvalue weighted by Gasteiger charge is 2.25. The van der Waals surface area contributed by atoms with Crippen LogP contribution >= 0.6 is 0 Å². The van der Waals surface area contributed by atoms with Crippen LogP contribution in [0.15, 0.2) is 6.33 Å². The van der Waals surface area contributed by atoms with Crippen LogP contribution in [0.3, 0.4) is 0 Å². The highest BCUT2D eigenvalue weighted by Crippen LogP contribution is 2.28. The van der Waals surface area contributed by atoms with Gasteiger partial charge in [-0.2, -0.15) is 5.10 Å². The van der Waals surface area contributed by atoms with Crippen molar-refractivity contribution in [3.05, 3.63) is 28.0 Å². The maximum absolute atomic E-state index is 11.3. The molecular weight excluding hydrogens is 274 g/mol. The van der Waals surface area contributed by atoms with E-state index in [0.717, 1.165) is 12.2 Å². The fourth-order valence-corrected chi connectivity index (χ4v) is 2.19. The van der Waals surface area contributed by atoms with Crippen molar-refractivity contribution in [2.24, 2.45) is 14.1 Å². The molecule has 0 saturated carbocycles. The molecule has 0 spiro atoms. The van der Waals surface area contributed by atoms with Gasteiger partial charge in [-0.1, -0.05) is 13.3 Å². The van der Waals surface area contributed by atoms with Gasteiger partial charge in [-0.05, 0) is 6.42 Å². The van der Waals surface area contributed by atoms with Gasteiger partial charge >= 0.3 is 5.69 Å². The minimum Gasteiger partial charge on any atom is -0.364 e. The summed E-state index contributed by atoms with van der Waals surface area (Å²) in [7, 11) is 3.57. The van der Waals surface area contributed by atoms with Gasteiger partial charge in [0.1, 0.15) is 17.8 Å². The van der Waals surface area contributed by atoms with Crippen molar-refractivity contribution < 1.29 is 4.92 Å². The predicted octanol–water partition coefficient (Wildman–Crippen LogP) is 1.06. The Balaban J connectivity index is 2.12. The second kappa shape index (κ2) is 6.33. The van der Waals surface area contributed by atoms with Crippen LogP contribution < -0.4 is 5.32 Å². The van der Waals surface area contributed by atoms with Crippen LogP contribution in [0.2, 0.25) is 0 Å². The molecule has 21 heavy (non-hydrogen) atoms. The van der Waals surface area contributed by atoms with Crippen LogP contribution in [-0.4, -0.2) is 36.0 Å². The summed E-state index contributed by atoms with van der Waals surface area (Å²) in [4.78, 5) is 10.9. The van der Waals surface area contributed by atoms with Crippen molar-refractivity contribution in [2.45, 2.75) is 26.2 Å². The van der Waals surface area contributed by atoms with E-state index in [4.69, 9.17) is 0 Å². The highest BCUT2D eigenvalue weighted by atomic mass is 16.6. The minimum absolute atomic E-state index is 0.0670. The standard InChI is InChI=1S/C12H19N7O2/c1-4-5-9-11(19(20)21)12(18(3)16-9)13-7-6-10-15-14-8-17(10)2/h8,13H,4-7H2,1-3H3. The van der Waals surface area contributed by atoms with Crippen molar-refractivity contribution in [1.29, 1.82) is 0 Å². The minimum atomic E-state index is -0.372. The summed E-state index contributed by atoms with van der Waals surface area (Å²) in [6.45, 7) is 2.50. The van der Waals surface area contributed by atoms with E-state index < -0.39 is 0 Å². The number of anilines is 1. The third-order valence-corrected chi connectivity index (χ3v) is 3.21. The number of nitro groups is 1. The van der Waals surface area contributed by atoms with Crippen LogP contribution in [0.1, 0.15) is 24.9 Å². The fourth-order valence-electron chi connectivity index (χ4n) is 2.19. The molecule has 0 saturated heterocycles. The van der Waals surface area contributed by atoms with E-state index in [2.05, 4.69) is 20.6 Å². The molecule has 0 aromatic carbocycles. The Morgan fingerprint density at radius 2 is 2.14 bits per heavy atom. The Morgan fingerprint density at radius 1 is 1.38 bits per heavy atom. The van der Waals surface area contributed by atoms with Crippen LogP contribution in [0, 0.1) is 10.1 Å². The normalized spacial score (nSPS) is 10.8. The summed E-state index contributed by atoms with van der Waals surface area (Å²) < 4.78 is 3.35. The van der Waals surface area contributed by atoms with E-state index in [1.54, 1.807) is 13.4 Å². The lowest BCUT2D eigenvalue weighted by Crippen LogP contribution is -2.12. The summed E-state index contributed by atoms with van der Waals surface area (Å²) in [6, 6.07) is 0. The molecule has 114 valence electrons. The third kappa shape index (κ3) is 3.18. The van der Waals surface area contributed by atoms with Gasteiger partial charge in [0.25, 0.3) is 0 Å². The molecule has 2 heterocycles. The molecule has 2 aromatic rings. The van der Waals surface area contributed by atoms with Gasteiger partial charge in [-0.15, -0.1) is 10.2 Å². The Labute approximate surface area is 122 Å². The Hall–Kier alpha value is -2.45. The van der Waals surface area contributed by atoms with E-state index in [-0.39, 0.29) is 10.6 Å². The summed E-state index contributed by atoms with van der Waals surface area (Å²) in [5.41, 5.74) is 0.587. The first-order valence-corrected chi connectivity index (χ1v) is 6.81. The lowest BCUT2D eigenvalue weighted by Gasteiger charge is -2.05. The summed E-state index contributed by atoms with van der Waals surface area (Å²) in [5, 5.41) is 26.4. The monoisotopic (exact) mass is 293 g/mol. The number of hydrogen-bond acceptors (Lipinski definition) is 6. The fraction of sp³-hybridized carbons (Fsp3) is 0.583. The lowest BCUT2D eigenvalue weighted by molar-refractivity contribution is -0.384. The Kier molecular flexibility index (Phi) is 4.51. The third-order valence-electron chi connectivity index (χ3n) is 3.21. The SMILES string of the molecule is CCCc1nn(C)c(NCCc2nncn2C)c1[N+](=O)[O-]. The summed E-state index contributed by atoms with van der Waals surface area (Å²) >= 11 is 0. The van der Waals surface area contributed by atoms with E-state index in [0.29, 0.717) is 30.9 Å². The maximum Gasteiger partial charge on any atom is 0.333 e. The zero-order chi connectivity index (χ0) is 15.4. The molecular formula is C12H19N7O2. The molecule has 9 heteroatoms. The summed E-state index contributed by atoms with van der Waals surface area (Å²) in [6.07, 6.45) is 3.66. The van der Waals surface area contributed by atoms with Crippen molar-refractivity contribution >= 4 is 11.5 Å². The molecule has 0 aliphatic heterocycles. The molecule has 0 atom stereocenters. The average molecular weight is 293 g/mol. The molecule has 0 aliphatic rings. The molecule has 0 fully saturated rings. The van der Waals surface area contributed by atoms with Gasteiger partial charge < -0.3 is 9.88 Å². The topological polar surface area (TPSA) is 104 Å². The van der Waals surface area contributed by atoms with E-state index in [1.807, 2.05) is 18.5 Å². The number of rotatable bonds is 7. The van der Waals surface area contributed by atoms with Crippen molar-refractivity contribution in [2.75, 3.05) is 11.9 Å². The largest absolute Gasteiger partial charge is 0.364 e. The summed E-state index contributed by atoms with van der Waals surface area (Å²) in [5.74, 6) is 1.26. The second-order valence-corrected chi connectivity index (χ2v) is 4.81. The van der Waals surface area contributed by atoms with Gasteiger partial charge in [-0.25, -0.2) is 4.68 Å². The Bertz CT molecular complexity index is 632. The van der Waals surface area contributed by atoms with Crippen molar-refractivity contribution in [3.63, 3.8) is 0 Å². The van der Waals surface area contributed by atoms with Crippen LogP contribution in [-0.2, 0) is 26.9 Å². The number of aromatic nitrogens is 5. The number of aryl methyl sites for hydroxylation is 3. The van der Waals surface area contributed by atoms with Gasteiger partial charge in [0.05, 0.1) is 4.92 Å². The Morgan fingerprint density at radius 3 is 2.71 bits per heavy atom. The first kappa shape index (κ1) is 14.9. The molecule has 0 radical (unpaired) electrons. The molecule has 1 N–H and O–H groups in total. The predicted molar refractivity (Wildman–Crippen MR) is 77.1 cm³/mol. The molecule has 0 amide bonds. The maximum atomic E-state index is 11.3. The quantitative estimate of drug-likeness (QED) is 0.604. The number of nitrogens with zero attached hydrogens (tertiary/aromatic N) is 6. The van der Waals surface area contributed by atoms with Crippen LogP contribution in [0.4, 0.5) is 11.5 Å². The van der Waals surface area contributed by atoms with E-state index >= 15 is 0 Å². The molecule has 9 nitrogen and oxygen atoms in total. The van der Waals surface area contributed by atoms with Crippen molar-refractivity contribution in [1.82, 2.24) is 24.5 Å². The lowest BCUT2D eigenvalue weighted by atomic mass is 10.2. The van der Waals surface area contributed by atoms with Gasteiger partial charge in [-0.3, -0.25) is 10.1 Å². The van der Waals surface area contributed by atoms with Gasteiger partial charge in [0.15, 0.2) is 0 Å². The first-order valence-electron chi connectivity index (χ1n) is 6.81.